The molecular formula is C18H25NO3. The van der Waals surface area contributed by atoms with Crippen molar-refractivity contribution in [3.8, 4) is 5.75 Å². The van der Waals surface area contributed by atoms with E-state index in [2.05, 4.69) is 13.8 Å². The van der Waals surface area contributed by atoms with E-state index >= 15 is 0 Å². The summed E-state index contributed by atoms with van der Waals surface area (Å²) < 4.78 is 6.02. The predicted molar refractivity (Wildman–Crippen MR) is 87.5 cm³/mol. The second-order valence-electron chi connectivity index (χ2n) is 6.46. The van der Waals surface area contributed by atoms with Gasteiger partial charge < -0.3 is 9.64 Å². The monoisotopic (exact) mass is 303 g/mol. The first kappa shape index (κ1) is 16.5. The molecule has 0 saturated carbocycles. The largest absolute Gasteiger partial charge is 0.486 e. The van der Waals surface area contributed by atoms with Crippen molar-refractivity contribution >= 4 is 17.4 Å². The van der Waals surface area contributed by atoms with E-state index in [1.54, 1.807) is 17.0 Å². The first-order chi connectivity index (χ1) is 10.3. The smallest absolute Gasteiger partial charge is 0.229 e. The van der Waals surface area contributed by atoms with Crippen molar-refractivity contribution in [2.75, 3.05) is 11.4 Å². The Bertz CT molecular complexity index is 578. The highest BCUT2D eigenvalue weighted by Crippen LogP contribution is 2.36. The number of ether oxygens (including phenoxy) is 1. The summed E-state index contributed by atoms with van der Waals surface area (Å²) in [6.07, 6.45) is 0.426. The first-order valence-corrected chi connectivity index (χ1v) is 8.00. The Morgan fingerprint density at radius 1 is 1.27 bits per heavy atom. The quantitative estimate of drug-likeness (QED) is 0.797. The number of Topliss-reactive ketones (excluding diaryl/α,β-unsaturated/α-hetero) is 1. The molecule has 1 unspecified atom stereocenters. The summed E-state index contributed by atoms with van der Waals surface area (Å²) >= 11 is 0. The van der Waals surface area contributed by atoms with Gasteiger partial charge in [-0.3, -0.25) is 9.59 Å². The number of amides is 1. The van der Waals surface area contributed by atoms with Gasteiger partial charge in [-0.15, -0.1) is 0 Å². The molecule has 0 saturated heterocycles. The van der Waals surface area contributed by atoms with E-state index in [0.717, 1.165) is 5.69 Å². The Morgan fingerprint density at radius 3 is 2.50 bits per heavy atom. The third-order valence-electron chi connectivity index (χ3n) is 4.04. The van der Waals surface area contributed by atoms with Crippen molar-refractivity contribution in [3.63, 3.8) is 0 Å². The summed E-state index contributed by atoms with van der Waals surface area (Å²) in [6, 6.07) is 5.39. The zero-order chi connectivity index (χ0) is 16.4. The first-order valence-electron chi connectivity index (χ1n) is 8.00. The molecule has 1 heterocycles. The number of carbonyl (C=O) groups is 2. The van der Waals surface area contributed by atoms with Gasteiger partial charge >= 0.3 is 0 Å². The van der Waals surface area contributed by atoms with E-state index in [1.807, 2.05) is 26.8 Å². The minimum Gasteiger partial charge on any atom is -0.486 e. The lowest BCUT2D eigenvalue weighted by Gasteiger charge is -2.37. The summed E-state index contributed by atoms with van der Waals surface area (Å²) in [5.41, 5.74) is 1.35. The Balaban J connectivity index is 2.46. The molecule has 1 amide bonds. The predicted octanol–water partition coefficient (Wildman–Crippen LogP) is 3.69. The van der Waals surface area contributed by atoms with Gasteiger partial charge in [0.05, 0.1) is 12.2 Å². The molecule has 1 aromatic carbocycles. The highest BCUT2D eigenvalue weighted by Gasteiger charge is 2.32. The fourth-order valence-corrected chi connectivity index (χ4v) is 2.55. The Morgan fingerprint density at radius 2 is 1.95 bits per heavy atom. The fraction of sp³-hybridized carbons (Fsp3) is 0.556. The van der Waals surface area contributed by atoms with E-state index in [9.17, 15) is 9.59 Å². The molecule has 0 fully saturated rings. The molecule has 0 bridgehead atoms. The maximum absolute atomic E-state index is 12.6. The van der Waals surface area contributed by atoms with Gasteiger partial charge in [-0.1, -0.05) is 34.6 Å². The number of hydrogen-bond acceptors (Lipinski definition) is 3. The third-order valence-corrected chi connectivity index (χ3v) is 4.04. The van der Waals surface area contributed by atoms with Gasteiger partial charge in [0, 0.05) is 17.9 Å². The molecule has 1 aliphatic rings. The maximum atomic E-state index is 12.6. The number of nitrogens with zero attached hydrogens (tertiary/aromatic N) is 1. The zero-order valence-electron chi connectivity index (χ0n) is 14.1. The van der Waals surface area contributed by atoms with Gasteiger partial charge in [0.25, 0.3) is 0 Å². The average molecular weight is 303 g/mol. The number of anilines is 1. The van der Waals surface area contributed by atoms with Crippen molar-refractivity contribution in [3.05, 3.63) is 23.8 Å². The highest BCUT2D eigenvalue weighted by atomic mass is 16.5. The normalized spacial score (nSPS) is 17.4. The van der Waals surface area contributed by atoms with Crippen LogP contribution in [0.2, 0.25) is 0 Å². The summed E-state index contributed by atoms with van der Waals surface area (Å²) in [7, 11) is 0. The van der Waals surface area contributed by atoms with Crippen molar-refractivity contribution in [1.29, 1.82) is 0 Å². The van der Waals surface area contributed by atoms with Gasteiger partial charge in [-0.05, 0) is 24.1 Å². The molecule has 2 rings (SSSR count). The van der Waals surface area contributed by atoms with E-state index in [0.29, 0.717) is 30.2 Å². The summed E-state index contributed by atoms with van der Waals surface area (Å²) in [5.74, 6) is 1.05. The molecule has 1 atom stereocenters. The van der Waals surface area contributed by atoms with E-state index in [-0.39, 0.29) is 23.7 Å². The third kappa shape index (κ3) is 3.16. The van der Waals surface area contributed by atoms with Crippen LogP contribution in [0.4, 0.5) is 5.69 Å². The number of carbonyl (C=O) groups excluding carboxylic acids is 2. The molecule has 120 valence electrons. The lowest BCUT2D eigenvalue weighted by atomic mass is 10.0. The van der Waals surface area contributed by atoms with Crippen molar-refractivity contribution in [2.45, 2.75) is 47.1 Å². The molecule has 0 aromatic heterocycles. The highest BCUT2D eigenvalue weighted by molar-refractivity contribution is 6.01. The number of benzene rings is 1. The number of ketones is 1. The van der Waals surface area contributed by atoms with Gasteiger partial charge in [-0.2, -0.15) is 0 Å². The van der Waals surface area contributed by atoms with E-state index < -0.39 is 0 Å². The lowest BCUT2D eigenvalue weighted by Crippen LogP contribution is -2.47. The standard InChI is InChI=1S/C18H25NO3/c1-6-15(20)13-7-8-16-14(9-13)19(18(21)12(4)5)10-17(22-16)11(2)3/h7-9,11-12,17H,6,10H2,1-5H3. The van der Waals surface area contributed by atoms with E-state index in [4.69, 9.17) is 4.74 Å². The molecule has 22 heavy (non-hydrogen) atoms. The molecule has 0 spiro atoms. The van der Waals surface area contributed by atoms with Gasteiger partial charge in [0.15, 0.2) is 5.78 Å². The summed E-state index contributed by atoms with van der Waals surface area (Å²) in [5, 5.41) is 0. The van der Waals surface area contributed by atoms with Crippen LogP contribution < -0.4 is 9.64 Å². The number of rotatable bonds is 4. The van der Waals surface area contributed by atoms with Gasteiger partial charge in [0.2, 0.25) is 5.91 Å². The SMILES string of the molecule is CCC(=O)c1ccc2c(c1)N(C(=O)C(C)C)CC(C(C)C)O2. The van der Waals surface area contributed by atoms with Gasteiger partial charge in [-0.25, -0.2) is 0 Å². The topological polar surface area (TPSA) is 46.6 Å². The van der Waals surface area contributed by atoms with Crippen LogP contribution in [0, 0.1) is 11.8 Å². The molecule has 0 aliphatic carbocycles. The average Bonchev–Trinajstić information content (AvgIpc) is 2.51. The van der Waals surface area contributed by atoms with Crippen LogP contribution in [0.3, 0.4) is 0 Å². The minimum absolute atomic E-state index is 0.0251. The maximum Gasteiger partial charge on any atom is 0.229 e. The lowest BCUT2D eigenvalue weighted by molar-refractivity contribution is -0.122. The molecule has 1 aliphatic heterocycles. The molecule has 0 radical (unpaired) electrons. The summed E-state index contributed by atoms with van der Waals surface area (Å²) in [6.45, 7) is 10.3. The molecular weight excluding hydrogens is 278 g/mol. The Kier molecular flexibility index (Phi) is 4.89. The molecule has 4 nitrogen and oxygen atoms in total. The fourth-order valence-electron chi connectivity index (χ4n) is 2.55. The second kappa shape index (κ2) is 6.51. The van der Waals surface area contributed by atoms with Crippen molar-refractivity contribution < 1.29 is 14.3 Å². The number of fused-ring (bicyclic) bond motifs is 1. The zero-order valence-corrected chi connectivity index (χ0v) is 14.1. The van der Waals surface area contributed by atoms with Crippen LogP contribution in [0.5, 0.6) is 5.75 Å². The molecule has 1 aromatic rings. The van der Waals surface area contributed by atoms with Crippen LogP contribution in [-0.2, 0) is 4.79 Å². The Hall–Kier alpha value is -1.84. The molecule has 4 heteroatoms. The van der Waals surface area contributed by atoms with Crippen LogP contribution >= 0.6 is 0 Å². The van der Waals surface area contributed by atoms with Gasteiger partial charge in [0.1, 0.15) is 11.9 Å². The van der Waals surface area contributed by atoms with Crippen LogP contribution in [0.15, 0.2) is 18.2 Å². The van der Waals surface area contributed by atoms with Crippen LogP contribution in [0.1, 0.15) is 51.4 Å². The second-order valence-corrected chi connectivity index (χ2v) is 6.46. The van der Waals surface area contributed by atoms with Crippen molar-refractivity contribution in [1.82, 2.24) is 0 Å². The van der Waals surface area contributed by atoms with Crippen LogP contribution in [-0.4, -0.2) is 24.3 Å². The summed E-state index contributed by atoms with van der Waals surface area (Å²) in [4.78, 5) is 26.3. The minimum atomic E-state index is -0.0932. The van der Waals surface area contributed by atoms with Crippen LogP contribution in [0.25, 0.3) is 0 Å². The Labute approximate surface area is 132 Å². The van der Waals surface area contributed by atoms with Crippen molar-refractivity contribution in [2.24, 2.45) is 11.8 Å². The number of hydrogen-bond donors (Lipinski definition) is 0. The molecule has 0 N–H and O–H groups in total. The van der Waals surface area contributed by atoms with E-state index in [1.165, 1.54) is 0 Å².